The lowest BCUT2D eigenvalue weighted by molar-refractivity contribution is 0.101. The summed E-state index contributed by atoms with van der Waals surface area (Å²) < 4.78 is 66.6. The van der Waals surface area contributed by atoms with Crippen LogP contribution in [0, 0.1) is 0 Å². The number of para-hydroxylation sites is 2. The van der Waals surface area contributed by atoms with E-state index >= 15 is 0 Å². The van der Waals surface area contributed by atoms with Gasteiger partial charge in [0, 0.05) is 45.6 Å². The van der Waals surface area contributed by atoms with Gasteiger partial charge in [0.1, 0.15) is 21.3 Å². The first-order valence-corrected chi connectivity index (χ1v) is 22.1. The minimum atomic E-state index is -3.93. The number of ether oxygens (including phenoxy) is 2. The van der Waals surface area contributed by atoms with E-state index in [9.17, 15) is 26.4 Å². The third-order valence-corrected chi connectivity index (χ3v) is 14.0. The minimum Gasteiger partial charge on any atom is -0.495 e. The van der Waals surface area contributed by atoms with Crippen LogP contribution in [0.25, 0.3) is 0 Å². The predicted octanol–water partition coefficient (Wildman–Crippen LogP) is 8.70. The van der Waals surface area contributed by atoms with Crippen molar-refractivity contribution < 1.29 is 35.9 Å². The molecule has 0 fully saturated rings. The van der Waals surface area contributed by atoms with Gasteiger partial charge in [-0.15, -0.1) is 0 Å². The van der Waals surface area contributed by atoms with Crippen molar-refractivity contribution in [2.75, 3.05) is 46.6 Å². The van der Waals surface area contributed by atoms with Crippen molar-refractivity contribution in [1.82, 2.24) is 0 Å². The number of carbonyl (C=O) groups is 2. The first-order valence-electron chi connectivity index (χ1n) is 18.5. The summed E-state index contributed by atoms with van der Waals surface area (Å²) in [5.74, 6) is -0.196. The average molecular weight is 886 g/mol. The van der Waals surface area contributed by atoms with Crippen LogP contribution in [0.4, 0.5) is 22.7 Å². The zero-order valence-electron chi connectivity index (χ0n) is 32.3. The molecule has 0 aliphatic carbocycles. The van der Waals surface area contributed by atoms with E-state index in [4.69, 9.17) is 32.7 Å². The normalized spacial score (nSPS) is 13.1. The van der Waals surface area contributed by atoms with E-state index in [0.29, 0.717) is 56.8 Å². The highest BCUT2D eigenvalue weighted by Crippen LogP contribution is 2.39. The van der Waals surface area contributed by atoms with Gasteiger partial charge in [-0.1, -0.05) is 71.7 Å². The highest BCUT2D eigenvalue weighted by molar-refractivity contribution is 7.93. The standard InChI is InChI=1S/2C22H19ClN2O4S/c2*1-29-20-10-9-17(23)14-21(20)30(27,28)25-12-11-15-7-8-16(13-19(15)25)22(26)24-18-5-3-2-4-6-18/h2*2-10,13-14H,11-12H2,1H3,(H,24,26). The fourth-order valence-corrected chi connectivity index (χ4v) is 10.7. The summed E-state index contributed by atoms with van der Waals surface area (Å²) in [6.45, 7) is 0.550. The number of anilines is 4. The van der Waals surface area contributed by atoms with Gasteiger partial charge in [-0.2, -0.15) is 0 Å². The summed E-state index contributed by atoms with van der Waals surface area (Å²) >= 11 is 12.1. The number of benzene rings is 6. The molecule has 16 heteroatoms. The molecule has 60 heavy (non-hydrogen) atoms. The number of nitrogens with zero attached hydrogens (tertiary/aromatic N) is 2. The largest absolute Gasteiger partial charge is 0.495 e. The summed E-state index contributed by atoms with van der Waals surface area (Å²) in [6.07, 6.45) is 1.11. The van der Waals surface area contributed by atoms with Gasteiger partial charge in [0.05, 0.1) is 25.6 Å². The quantitative estimate of drug-likeness (QED) is 0.139. The summed E-state index contributed by atoms with van der Waals surface area (Å²) in [5, 5.41) is 6.22. The van der Waals surface area contributed by atoms with Crippen molar-refractivity contribution in [1.29, 1.82) is 0 Å². The van der Waals surface area contributed by atoms with E-state index in [0.717, 1.165) is 11.1 Å². The predicted molar refractivity (Wildman–Crippen MR) is 234 cm³/mol. The number of fused-ring (bicyclic) bond motifs is 2. The number of sulfonamides is 2. The number of carbonyl (C=O) groups excluding carboxylic acids is 2. The monoisotopic (exact) mass is 884 g/mol. The molecular weight excluding hydrogens is 848 g/mol. The van der Waals surface area contributed by atoms with Crippen molar-refractivity contribution in [3.05, 3.63) is 166 Å². The summed E-state index contributed by atoms with van der Waals surface area (Å²) in [6, 6.07) is 37.3. The van der Waals surface area contributed by atoms with Crippen LogP contribution < -0.4 is 28.7 Å². The molecule has 2 heterocycles. The molecule has 12 nitrogen and oxygen atoms in total. The van der Waals surface area contributed by atoms with Gasteiger partial charge >= 0.3 is 0 Å². The number of nitrogens with one attached hydrogen (secondary N) is 2. The third kappa shape index (κ3) is 8.77. The Morgan fingerprint density at radius 2 is 0.917 bits per heavy atom. The van der Waals surface area contributed by atoms with Crippen LogP contribution in [0.3, 0.4) is 0 Å². The number of halogens is 2. The van der Waals surface area contributed by atoms with Crippen LogP contribution in [-0.4, -0.2) is 56.0 Å². The molecule has 2 aliphatic heterocycles. The molecule has 0 aromatic heterocycles. The Balaban J connectivity index is 0.000000181. The number of amides is 2. The SMILES string of the molecule is COc1ccc(Cl)cc1S(=O)(=O)N1CCc2ccc(C(=O)Nc3ccccc3)cc21.COc1ccc(Cl)cc1S(=O)(=O)N1CCc2ccc(C(=O)Nc3ccccc3)cc21. The summed E-state index contributed by atoms with van der Waals surface area (Å²) in [7, 11) is -5.04. The molecule has 8 rings (SSSR count). The molecule has 2 N–H and O–H groups in total. The molecule has 0 radical (unpaired) electrons. The van der Waals surface area contributed by atoms with Gasteiger partial charge in [0.25, 0.3) is 31.9 Å². The highest BCUT2D eigenvalue weighted by Gasteiger charge is 2.35. The summed E-state index contributed by atoms with van der Waals surface area (Å²) in [4.78, 5) is 25.3. The van der Waals surface area contributed by atoms with Crippen LogP contribution in [0.2, 0.25) is 10.0 Å². The Hall–Kier alpha value is -6.06. The van der Waals surface area contributed by atoms with Gasteiger partial charge in [0.2, 0.25) is 0 Å². The molecule has 308 valence electrons. The van der Waals surface area contributed by atoms with Gasteiger partial charge in [-0.3, -0.25) is 18.2 Å². The van der Waals surface area contributed by atoms with Crippen molar-refractivity contribution in [3.63, 3.8) is 0 Å². The van der Waals surface area contributed by atoms with Crippen molar-refractivity contribution in [3.8, 4) is 11.5 Å². The van der Waals surface area contributed by atoms with Crippen LogP contribution in [0.5, 0.6) is 11.5 Å². The van der Waals surface area contributed by atoms with E-state index in [1.165, 1.54) is 47.1 Å². The second-order valence-electron chi connectivity index (χ2n) is 13.6. The highest BCUT2D eigenvalue weighted by atomic mass is 35.5. The molecular formula is C44H38Cl2N4O8S2. The Kier molecular flexibility index (Phi) is 12.4. The molecule has 0 bridgehead atoms. The molecule has 0 spiro atoms. The Bertz CT molecular complexity index is 2620. The molecule has 2 amide bonds. The second kappa shape index (κ2) is 17.7. The lowest BCUT2D eigenvalue weighted by Crippen LogP contribution is -2.29. The zero-order chi connectivity index (χ0) is 42.6. The van der Waals surface area contributed by atoms with Crippen LogP contribution >= 0.6 is 23.2 Å². The lowest BCUT2D eigenvalue weighted by atomic mass is 10.1. The van der Waals surface area contributed by atoms with Gasteiger partial charge in [-0.25, -0.2) is 16.8 Å². The maximum Gasteiger partial charge on any atom is 0.268 e. The smallest absolute Gasteiger partial charge is 0.268 e. The number of hydrogen-bond acceptors (Lipinski definition) is 8. The molecule has 0 saturated carbocycles. The average Bonchev–Trinajstić information content (AvgIpc) is 3.90. The van der Waals surface area contributed by atoms with Crippen molar-refractivity contribution >= 4 is 77.8 Å². The van der Waals surface area contributed by atoms with Crippen LogP contribution in [0.1, 0.15) is 31.8 Å². The van der Waals surface area contributed by atoms with Gasteiger partial charge < -0.3 is 20.1 Å². The molecule has 6 aromatic rings. The minimum absolute atomic E-state index is 0.00973. The Morgan fingerprint density at radius 1 is 0.533 bits per heavy atom. The van der Waals surface area contributed by atoms with Crippen molar-refractivity contribution in [2.45, 2.75) is 22.6 Å². The maximum atomic E-state index is 13.4. The zero-order valence-corrected chi connectivity index (χ0v) is 35.4. The van der Waals surface area contributed by atoms with Gasteiger partial charge in [0.15, 0.2) is 0 Å². The van der Waals surface area contributed by atoms with E-state index in [1.54, 1.807) is 72.8 Å². The topological polar surface area (TPSA) is 151 Å². The third-order valence-electron chi connectivity index (χ3n) is 9.85. The fraction of sp³-hybridized carbons (Fsp3) is 0.136. The van der Waals surface area contributed by atoms with E-state index in [1.807, 2.05) is 36.4 Å². The van der Waals surface area contributed by atoms with Crippen molar-refractivity contribution in [2.24, 2.45) is 0 Å². The number of hydrogen-bond donors (Lipinski definition) is 2. The molecule has 6 aromatic carbocycles. The van der Waals surface area contributed by atoms with E-state index in [2.05, 4.69) is 10.6 Å². The second-order valence-corrected chi connectivity index (χ2v) is 18.1. The molecule has 2 aliphatic rings. The Labute approximate surface area is 358 Å². The summed E-state index contributed by atoms with van der Waals surface area (Å²) in [5.41, 5.74) is 4.75. The fourth-order valence-electron chi connectivity index (χ4n) is 6.87. The first-order chi connectivity index (χ1) is 28.8. The van der Waals surface area contributed by atoms with Crippen LogP contribution in [0.15, 0.2) is 143 Å². The van der Waals surface area contributed by atoms with Crippen LogP contribution in [-0.2, 0) is 32.9 Å². The van der Waals surface area contributed by atoms with Gasteiger partial charge in [-0.05, 0) is 109 Å². The Morgan fingerprint density at radius 3 is 1.28 bits per heavy atom. The molecule has 0 atom stereocenters. The number of rotatable bonds is 10. The maximum absolute atomic E-state index is 13.4. The van der Waals surface area contributed by atoms with E-state index < -0.39 is 20.0 Å². The molecule has 0 unspecified atom stereocenters. The van der Waals surface area contributed by atoms with E-state index in [-0.39, 0.29) is 46.2 Å². The number of methoxy groups -OCH3 is 2. The first kappa shape index (κ1) is 42.1. The molecule has 0 saturated heterocycles. The lowest BCUT2D eigenvalue weighted by Gasteiger charge is -2.21.